The van der Waals surface area contributed by atoms with Crippen LogP contribution in [0.3, 0.4) is 0 Å². The highest BCUT2D eigenvalue weighted by atomic mass is 16.3. The van der Waals surface area contributed by atoms with Crippen molar-refractivity contribution < 1.29 is 5.11 Å². The average Bonchev–Trinajstić information content (AvgIpc) is 2.33. The van der Waals surface area contributed by atoms with Gasteiger partial charge in [0, 0.05) is 6.61 Å². The molecular weight excluding hydrogens is 148 g/mol. The van der Waals surface area contributed by atoms with Gasteiger partial charge in [-0.05, 0) is 41.9 Å². The van der Waals surface area contributed by atoms with Gasteiger partial charge in [0.05, 0.1) is 0 Å². The van der Waals surface area contributed by atoms with E-state index in [1.165, 1.54) is 19.3 Å². The second-order valence-electron chi connectivity index (χ2n) is 5.57. The Morgan fingerprint density at radius 3 is 2.25 bits per heavy atom. The zero-order chi connectivity index (χ0) is 8.98. The SMILES string of the molecule is CC1(C)[C@@H]2CC[C@@]1(C)C[C@@H]2CO. The fourth-order valence-corrected chi connectivity index (χ4v) is 3.71. The Labute approximate surface area is 75.2 Å². The van der Waals surface area contributed by atoms with E-state index in [-0.39, 0.29) is 0 Å². The Morgan fingerprint density at radius 2 is 2.00 bits per heavy atom. The highest BCUT2D eigenvalue weighted by Gasteiger charge is 2.59. The fraction of sp³-hybridized carbons (Fsp3) is 1.00. The third kappa shape index (κ3) is 0.783. The lowest BCUT2D eigenvalue weighted by Gasteiger charge is -2.34. The molecule has 12 heavy (non-hydrogen) atoms. The van der Waals surface area contributed by atoms with E-state index >= 15 is 0 Å². The van der Waals surface area contributed by atoms with Gasteiger partial charge >= 0.3 is 0 Å². The smallest absolute Gasteiger partial charge is 0.0462 e. The van der Waals surface area contributed by atoms with Gasteiger partial charge in [-0.3, -0.25) is 0 Å². The molecule has 2 aliphatic rings. The van der Waals surface area contributed by atoms with E-state index in [2.05, 4.69) is 20.8 Å². The maximum absolute atomic E-state index is 9.23. The van der Waals surface area contributed by atoms with E-state index in [0.717, 1.165) is 5.92 Å². The van der Waals surface area contributed by atoms with Crippen molar-refractivity contribution in [2.45, 2.75) is 40.0 Å². The molecule has 0 aromatic carbocycles. The van der Waals surface area contributed by atoms with Crippen LogP contribution in [-0.2, 0) is 0 Å². The van der Waals surface area contributed by atoms with E-state index in [1.54, 1.807) is 0 Å². The predicted octanol–water partition coefficient (Wildman–Crippen LogP) is 2.44. The summed E-state index contributed by atoms with van der Waals surface area (Å²) >= 11 is 0. The summed E-state index contributed by atoms with van der Waals surface area (Å²) in [6.45, 7) is 7.59. The summed E-state index contributed by atoms with van der Waals surface area (Å²) in [5, 5.41) is 9.23. The Bertz CT molecular complexity index is 194. The number of aliphatic hydroxyl groups is 1. The van der Waals surface area contributed by atoms with Crippen molar-refractivity contribution in [1.29, 1.82) is 0 Å². The van der Waals surface area contributed by atoms with E-state index in [9.17, 15) is 5.11 Å². The summed E-state index contributed by atoms with van der Waals surface area (Å²) in [6, 6.07) is 0. The van der Waals surface area contributed by atoms with Crippen LogP contribution >= 0.6 is 0 Å². The van der Waals surface area contributed by atoms with E-state index < -0.39 is 0 Å². The van der Waals surface area contributed by atoms with Crippen LogP contribution in [0.2, 0.25) is 0 Å². The normalized spacial score (nSPS) is 50.0. The molecule has 0 saturated heterocycles. The van der Waals surface area contributed by atoms with Crippen LogP contribution in [0.25, 0.3) is 0 Å². The van der Waals surface area contributed by atoms with Crippen molar-refractivity contribution in [2.24, 2.45) is 22.7 Å². The standard InChI is InChI=1S/C11H20O/c1-10(2)9-4-5-11(10,3)6-8(9)7-12/h8-9,12H,4-7H2,1-3H3/t8-,9-,11+/m1/s1. The van der Waals surface area contributed by atoms with Gasteiger partial charge in [0.25, 0.3) is 0 Å². The number of hydrogen-bond donors (Lipinski definition) is 1. The van der Waals surface area contributed by atoms with Crippen LogP contribution in [-0.4, -0.2) is 11.7 Å². The fourth-order valence-electron chi connectivity index (χ4n) is 3.71. The van der Waals surface area contributed by atoms with Crippen LogP contribution in [0, 0.1) is 22.7 Å². The highest BCUT2D eigenvalue weighted by molar-refractivity contribution is 5.09. The van der Waals surface area contributed by atoms with Crippen molar-refractivity contribution in [3.8, 4) is 0 Å². The maximum atomic E-state index is 9.23. The molecule has 1 nitrogen and oxygen atoms in total. The highest BCUT2D eigenvalue weighted by Crippen LogP contribution is 2.67. The molecule has 70 valence electrons. The maximum Gasteiger partial charge on any atom is 0.0462 e. The van der Waals surface area contributed by atoms with Crippen LogP contribution in [0.1, 0.15) is 40.0 Å². The largest absolute Gasteiger partial charge is 0.396 e. The molecule has 2 fully saturated rings. The zero-order valence-corrected chi connectivity index (χ0v) is 8.43. The molecule has 1 heteroatoms. The van der Waals surface area contributed by atoms with Crippen LogP contribution < -0.4 is 0 Å². The Kier molecular flexibility index (Phi) is 1.61. The average molecular weight is 168 g/mol. The first-order valence-electron chi connectivity index (χ1n) is 5.12. The number of rotatable bonds is 1. The molecule has 0 unspecified atom stereocenters. The van der Waals surface area contributed by atoms with Gasteiger partial charge in [0.15, 0.2) is 0 Å². The van der Waals surface area contributed by atoms with Gasteiger partial charge in [-0.1, -0.05) is 20.8 Å². The number of hydrogen-bond acceptors (Lipinski definition) is 1. The third-order valence-corrected chi connectivity index (χ3v) is 5.01. The Morgan fingerprint density at radius 1 is 1.33 bits per heavy atom. The molecule has 0 aromatic rings. The second-order valence-corrected chi connectivity index (χ2v) is 5.57. The van der Waals surface area contributed by atoms with E-state index in [4.69, 9.17) is 0 Å². The van der Waals surface area contributed by atoms with E-state index in [0.29, 0.717) is 23.4 Å². The van der Waals surface area contributed by atoms with Crippen molar-refractivity contribution in [3.05, 3.63) is 0 Å². The lowest BCUT2D eigenvalue weighted by atomic mass is 9.71. The monoisotopic (exact) mass is 168 g/mol. The van der Waals surface area contributed by atoms with Gasteiger partial charge in [-0.15, -0.1) is 0 Å². The van der Waals surface area contributed by atoms with E-state index in [1.807, 2.05) is 0 Å². The quantitative estimate of drug-likeness (QED) is 0.637. The Hall–Kier alpha value is -0.0400. The molecule has 3 atom stereocenters. The number of aliphatic hydroxyl groups excluding tert-OH is 1. The molecular formula is C11H20O. The van der Waals surface area contributed by atoms with Crippen molar-refractivity contribution in [2.75, 3.05) is 6.61 Å². The lowest BCUT2D eigenvalue weighted by Crippen LogP contribution is -2.26. The van der Waals surface area contributed by atoms with Gasteiger partial charge in [-0.2, -0.15) is 0 Å². The minimum atomic E-state index is 0.406. The van der Waals surface area contributed by atoms with Gasteiger partial charge < -0.3 is 5.11 Å². The van der Waals surface area contributed by atoms with Crippen molar-refractivity contribution in [3.63, 3.8) is 0 Å². The zero-order valence-electron chi connectivity index (χ0n) is 8.43. The number of fused-ring (bicyclic) bond motifs is 2. The van der Waals surface area contributed by atoms with Gasteiger partial charge in [0.2, 0.25) is 0 Å². The molecule has 0 radical (unpaired) electrons. The first kappa shape index (κ1) is 8.55. The molecule has 2 saturated carbocycles. The summed E-state index contributed by atoms with van der Waals surface area (Å²) in [4.78, 5) is 0. The van der Waals surface area contributed by atoms with Crippen LogP contribution in [0.4, 0.5) is 0 Å². The van der Waals surface area contributed by atoms with Crippen LogP contribution in [0.5, 0.6) is 0 Å². The molecule has 0 heterocycles. The minimum Gasteiger partial charge on any atom is -0.396 e. The first-order chi connectivity index (χ1) is 5.51. The topological polar surface area (TPSA) is 20.2 Å². The van der Waals surface area contributed by atoms with Gasteiger partial charge in [0.1, 0.15) is 0 Å². The predicted molar refractivity (Wildman–Crippen MR) is 49.8 cm³/mol. The molecule has 2 aliphatic carbocycles. The molecule has 2 bridgehead atoms. The lowest BCUT2D eigenvalue weighted by molar-refractivity contribution is 0.149. The van der Waals surface area contributed by atoms with Crippen molar-refractivity contribution in [1.82, 2.24) is 0 Å². The molecule has 0 aliphatic heterocycles. The van der Waals surface area contributed by atoms with Crippen LogP contribution in [0.15, 0.2) is 0 Å². The molecule has 2 rings (SSSR count). The summed E-state index contributed by atoms with van der Waals surface area (Å²) in [5.74, 6) is 1.38. The third-order valence-electron chi connectivity index (χ3n) is 5.01. The molecule has 0 amide bonds. The summed E-state index contributed by atoms with van der Waals surface area (Å²) in [6.07, 6.45) is 3.97. The second kappa shape index (κ2) is 2.25. The molecule has 0 spiro atoms. The molecule has 1 N–H and O–H groups in total. The molecule has 0 aromatic heterocycles. The minimum absolute atomic E-state index is 0.406. The summed E-state index contributed by atoms with van der Waals surface area (Å²) in [7, 11) is 0. The summed E-state index contributed by atoms with van der Waals surface area (Å²) in [5.41, 5.74) is 0.992. The van der Waals surface area contributed by atoms with Crippen molar-refractivity contribution >= 4 is 0 Å². The summed E-state index contributed by atoms with van der Waals surface area (Å²) < 4.78 is 0. The first-order valence-corrected chi connectivity index (χ1v) is 5.12. The Balaban J connectivity index is 2.30. The van der Waals surface area contributed by atoms with Gasteiger partial charge in [-0.25, -0.2) is 0 Å².